The average Bonchev–Trinajstić information content (AvgIpc) is 3.42. The van der Waals surface area contributed by atoms with Gasteiger partial charge < -0.3 is 14.7 Å². The van der Waals surface area contributed by atoms with Gasteiger partial charge >= 0.3 is 11.8 Å². The maximum atomic E-state index is 11.5. The summed E-state index contributed by atoms with van der Waals surface area (Å²) in [6, 6.07) is 13.6. The van der Waals surface area contributed by atoms with Crippen LogP contribution in [0.1, 0.15) is 37.7 Å². The number of hydrogen-bond acceptors (Lipinski definition) is 5. The van der Waals surface area contributed by atoms with Crippen LogP contribution >= 0.6 is 0 Å². The van der Waals surface area contributed by atoms with E-state index in [-0.39, 0.29) is 5.97 Å². The molecule has 2 aromatic rings. The number of carbonyl (C=O) groups is 1. The predicted octanol–water partition coefficient (Wildman–Crippen LogP) is 3.15. The van der Waals surface area contributed by atoms with E-state index in [1.54, 1.807) is 12.3 Å². The Kier molecular flexibility index (Phi) is 6.52. The van der Waals surface area contributed by atoms with Crippen LogP contribution in [0.5, 0.6) is 5.75 Å². The maximum absolute atomic E-state index is 11.5. The SMILES string of the molecule is CCOC(=O)CC1CC1c1ccc(OCCCNc2cccc[n+]2O)cc1. The number of ether oxygens (including phenoxy) is 2. The maximum Gasteiger partial charge on any atom is 0.313 e. The van der Waals surface area contributed by atoms with Crippen molar-refractivity contribution in [1.82, 2.24) is 0 Å². The minimum absolute atomic E-state index is 0.0965. The highest BCUT2D eigenvalue weighted by atomic mass is 16.5. The molecule has 0 amide bonds. The first-order chi connectivity index (χ1) is 13.2. The summed E-state index contributed by atoms with van der Waals surface area (Å²) in [5.74, 6) is 2.28. The summed E-state index contributed by atoms with van der Waals surface area (Å²) >= 11 is 0. The molecule has 0 bridgehead atoms. The van der Waals surface area contributed by atoms with Gasteiger partial charge in [0.05, 0.1) is 19.8 Å². The van der Waals surface area contributed by atoms with E-state index in [2.05, 4.69) is 17.4 Å². The van der Waals surface area contributed by atoms with Crippen LogP contribution in [0, 0.1) is 5.92 Å². The molecule has 0 radical (unpaired) electrons. The average molecular weight is 371 g/mol. The van der Waals surface area contributed by atoms with Gasteiger partial charge in [-0.05, 0) is 48.9 Å². The Morgan fingerprint density at radius 3 is 2.81 bits per heavy atom. The van der Waals surface area contributed by atoms with Gasteiger partial charge in [-0.25, -0.2) is 0 Å². The lowest BCUT2D eigenvalue weighted by atomic mass is 10.1. The monoisotopic (exact) mass is 371 g/mol. The van der Waals surface area contributed by atoms with Crippen molar-refractivity contribution in [3.05, 3.63) is 54.2 Å². The zero-order valence-electron chi connectivity index (χ0n) is 15.6. The molecule has 6 heteroatoms. The molecule has 0 saturated heterocycles. The van der Waals surface area contributed by atoms with Crippen LogP contribution < -0.4 is 14.8 Å². The fourth-order valence-corrected chi connectivity index (χ4v) is 3.18. The lowest BCUT2D eigenvalue weighted by molar-refractivity contribution is -0.893. The second-order valence-corrected chi connectivity index (χ2v) is 6.74. The number of carbonyl (C=O) groups excluding carboxylic acids is 1. The molecule has 0 aliphatic heterocycles. The lowest BCUT2D eigenvalue weighted by Gasteiger charge is -2.07. The van der Waals surface area contributed by atoms with E-state index < -0.39 is 0 Å². The van der Waals surface area contributed by atoms with E-state index in [1.807, 2.05) is 31.2 Å². The number of anilines is 1. The summed E-state index contributed by atoms with van der Waals surface area (Å²) in [6.07, 6.45) is 3.96. The molecule has 1 aromatic heterocycles. The van der Waals surface area contributed by atoms with Gasteiger partial charge in [-0.2, -0.15) is 0 Å². The number of nitrogens with zero attached hydrogens (tertiary/aromatic N) is 1. The number of pyridine rings is 1. The third-order valence-corrected chi connectivity index (χ3v) is 4.70. The highest BCUT2D eigenvalue weighted by Crippen LogP contribution is 2.49. The smallest absolute Gasteiger partial charge is 0.313 e. The van der Waals surface area contributed by atoms with Crippen molar-refractivity contribution in [3.8, 4) is 5.75 Å². The van der Waals surface area contributed by atoms with Gasteiger partial charge in [0.25, 0.3) is 0 Å². The molecule has 1 heterocycles. The summed E-state index contributed by atoms with van der Waals surface area (Å²) in [7, 11) is 0. The van der Waals surface area contributed by atoms with Crippen molar-refractivity contribution in [2.45, 2.75) is 32.1 Å². The van der Waals surface area contributed by atoms with Gasteiger partial charge in [0.15, 0.2) is 0 Å². The van der Waals surface area contributed by atoms with Crippen molar-refractivity contribution < 1.29 is 24.2 Å². The molecule has 2 unspecified atom stereocenters. The molecular weight excluding hydrogens is 344 g/mol. The molecule has 3 rings (SSSR count). The molecule has 27 heavy (non-hydrogen) atoms. The number of benzene rings is 1. The quantitative estimate of drug-likeness (QED) is 0.291. The molecule has 2 atom stereocenters. The van der Waals surface area contributed by atoms with Crippen molar-refractivity contribution in [2.75, 3.05) is 25.1 Å². The fraction of sp³-hybridized carbons (Fsp3) is 0.429. The molecule has 1 saturated carbocycles. The van der Waals surface area contributed by atoms with E-state index in [1.165, 1.54) is 5.56 Å². The minimum atomic E-state index is -0.0965. The second-order valence-electron chi connectivity index (χ2n) is 6.74. The van der Waals surface area contributed by atoms with E-state index in [0.29, 0.717) is 43.8 Å². The van der Waals surface area contributed by atoms with E-state index in [0.717, 1.165) is 23.3 Å². The van der Waals surface area contributed by atoms with Gasteiger partial charge in [-0.3, -0.25) is 10.1 Å². The Morgan fingerprint density at radius 2 is 2.07 bits per heavy atom. The minimum Gasteiger partial charge on any atom is -0.493 e. The van der Waals surface area contributed by atoms with Gasteiger partial charge in [0, 0.05) is 18.9 Å². The second kappa shape index (κ2) is 9.26. The van der Waals surface area contributed by atoms with Crippen LogP contribution in [0.4, 0.5) is 5.82 Å². The molecule has 1 aromatic carbocycles. The van der Waals surface area contributed by atoms with Gasteiger partial charge in [-0.15, -0.1) is 0 Å². The zero-order chi connectivity index (χ0) is 19.1. The van der Waals surface area contributed by atoms with Crippen molar-refractivity contribution in [1.29, 1.82) is 0 Å². The van der Waals surface area contributed by atoms with Crippen molar-refractivity contribution in [2.24, 2.45) is 5.92 Å². The molecule has 2 N–H and O–H groups in total. The lowest BCUT2D eigenvalue weighted by Crippen LogP contribution is -2.33. The first-order valence-corrected chi connectivity index (χ1v) is 9.49. The third-order valence-electron chi connectivity index (χ3n) is 4.70. The molecule has 6 nitrogen and oxygen atoms in total. The largest absolute Gasteiger partial charge is 0.493 e. The number of rotatable bonds is 10. The Bertz CT molecular complexity index is 748. The molecule has 144 valence electrons. The summed E-state index contributed by atoms with van der Waals surface area (Å²) in [6.45, 7) is 3.59. The number of nitrogens with one attached hydrogen (secondary N) is 1. The van der Waals surface area contributed by atoms with E-state index in [4.69, 9.17) is 9.47 Å². The highest BCUT2D eigenvalue weighted by Gasteiger charge is 2.39. The van der Waals surface area contributed by atoms with E-state index in [9.17, 15) is 10.0 Å². The van der Waals surface area contributed by atoms with Gasteiger partial charge in [0.2, 0.25) is 0 Å². The van der Waals surface area contributed by atoms with Crippen LogP contribution in [-0.2, 0) is 9.53 Å². The van der Waals surface area contributed by atoms with E-state index >= 15 is 0 Å². The van der Waals surface area contributed by atoms with Crippen molar-refractivity contribution >= 4 is 11.8 Å². The van der Waals surface area contributed by atoms with Crippen LogP contribution in [-0.4, -0.2) is 30.9 Å². The summed E-state index contributed by atoms with van der Waals surface area (Å²) in [4.78, 5) is 11.5. The standard InChI is InChI=1S/C21H26N2O4/c1-2-26-21(24)15-17-14-19(17)16-7-9-18(10-8-16)27-13-5-11-22-20-6-3-4-12-23(20)25/h3-4,6-10,12,17,19,25H,2,5,11,13-15H2,1H3/p+1. The van der Waals surface area contributed by atoms with Crippen molar-refractivity contribution in [3.63, 3.8) is 0 Å². The highest BCUT2D eigenvalue weighted by molar-refractivity contribution is 5.70. The fourth-order valence-electron chi connectivity index (χ4n) is 3.18. The van der Waals surface area contributed by atoms with Crippen LogP contribution in [0.25, 0.3) is 0 Å². The molecule has 1 aliphatic carbocycles. The Hall–Kier alpha value is -2.76. The zero-order valence-corrected chi connectivity index (χ0v) is 15.6. The van der Waals surface area contributed by atoms with Gasteiger partial charge in [-0.1, -0.05) is 22.9 Å². The molecular formula is C21H27N2O4+. The van der Waals surface area contributed by atoms with Crippen LogP contribution in [0.3, 0.4) is 0 Å². The first-order valence-electron chi connectivity index (χ1n) is 9.49. The normalized spacial score (nSPS) is 18.0. The molecule has 0 spiro atoms. The molecule has 1 fully saturated rings. The van der Waals surface area contributed by atoms with Gasteiger partial charge in [0.1, 0.15) is 11.9 Å². The number of hydrogen-bond donors (Lipinski definition) is 2. The topological polar surface area (TPSA) is 71.7 Å². The third kappa shape index (κ3) is 5.61. The molecule has 1 aliphatic rings. The summed E-state index contributed by atoms with van der Waals surface area (Å²) in [5.41, 5.74) is 1.26. The van der Waals surface area contributed by atoms with Crippen LogP contribution in [0.15, 0.2) is 48.7 Å². The van der Waals surface area contributed by atoms with Crippen LogP contribution in [0.2, 0.25) is 0 Å². The Morgan fingerprint density at radius 1 is 1.26 bits per heavy atom. The predicted molar refractivity (Wildman–Crippen MR) is 101 cm³/mol. The first kappa shape index (κ1) is 19.0. The Balaban J connectivity index is 1.35. The Labute approximate surface area is 159 Å². The number of aromatic nitrogens is 1. The summed E-state index contributed by atoms with van der Waals surface area (Å²) < 4.78 is 11.8. The summed E-state index contributed by atoms with van der Waals surface area (Å²) in [5, 5.41) is 12.8. The number of esters is 1.